The van der Waals surface area contributed by atoms with E-state index < -0.39 is 0 Å². The maximum Gasteiger partial charge on any atom is 0.183 e. The molecule has 1 aromatic heterocycles. The quantitative estimate of drug-likeness (QED) is 0.846. The Balaban J connectivity index is 1.56. The Morgan fingerprint density at radius 1 is 1.32 bits per heavy atom. The molecule has 3 nitrogen and oxygen atoms in total. The maximum atomic E-state index is 5.62. The molecule has 1 aromatic rings. The Kier molecular flexibility index (Phi) is 4.37. The Labute approximate surface area is 131 Å². The second kappa shape index (κ2) is 5.88. The van der Waals surface area contributed by atoms with Crippen molar-refractivity contribution in [3.05, 3.63) is 21.0 Å². The lowest BCUT2D eigenvalue weighted by atomic mass is 9.82. The van der Waals surface area contributed by atoms with Crippen molar-refractivity contribution in [3.8, 4) is 0 Å². The Hall–Kier alpha value is 0.160. The summed E-state index contributed by atoms with van der Waals surface area (Å²) >= 11 is 6.84. The first-order valence-corrected chi connectivity index (χ1v) is 8.61. The smallest absolute Gasteiger partial charge is 0.183 e. The highest BCUT2D eigenvalue weighted by Gasteiger charge is 2.35. The first kappa shape index (κ1) is 14.1. The molecular formula is C14H20Br2N2O. The predicted molar refractivity (Wildman–Crippen MR) is 83.2 cm³/mol. The fourth-order valence-electron chi connectivity index (χ4n) is 3.51. The largest absolute Gasteiger partial charge is 0.452 e. The van der Waals surface area contributed by atoms with Crippen LogP contribution in [0.3, 0.4) is 0 Å². The van der Waals surface area contributed by atoms with Crippen LogP contribution in [0.1, 0.15) is 37.9 Å². The minimum atomic E-state index is 0.633. The van der Waals surface area contributed by atoms with Gasteiger partial charge in [-0.1, -0.05) is 6.42 Å². The number of piperidine rings is 2. The zero-order valence-corrected chi connectivity index (χ0v) is 14.3. The van der Waals surface area contributed by atoms with E-state index in [4.69, 9.17) is 4.42 Å². The molecule has 2 aliphatic heterocycles. The number of fused-ring (bicyclic) bond motifs is 2. The normalized spacial score (nSPS) is 31.6. The van der Waals surface area contributed by atoms with Crippen LogP contribution in [0.25, 0.3) is 0 Å². The Morgan fingerprint density at radius 3 is 2.58 bits per heavy atom. The summed E-state index contributed by atoms with van der Waals surface area (Å²) in [5, 5.41) is 3.67. The van der Waals surface area contributed by atoms with Crippen molar-refractivity contribution < 1.29 is 4.42 Å². The number of rotatable bonds is 3. The molecule has 2 bridgehead atoms. The van der Waals surface area contributed by atoms with Crippen molar-refractivity contribution >= 4 is 31.9 Å². The maximum absolute atomic E-state index is 5.62. The van der Waals surface area contributed by atoms with Gasteiger partial charge in [0.1, 0.15) is 5.76 Å². The fourth-order valence-corrected chi connectivity index (χ4v) is 4.16. The molecule has 2 unspecified atom stereocenters. The molecule has 106 valence electrons. The van der Waals surface area contributed by atoms with E-state index in [1.54, 1.807) is 0 Å². The van der Waals surface area contributed by atoms with Crippen LogP contribution in [0.15, 0.2) is 19.6 Å². The molecule has 0 radical (unpaired) electrons. The summed E-state index contributed by atoms with van der Waals surface area (Å²) < 4.78 is 7.39. The van der Waals surface area contributed by atoms with Crippen molar-refractivity contribution in [1.29, 1.82) is 0 Å². The number of hydrogen-bond acceptors (Lipinski definition) is 3. The number of furan rings is 1. The second-order valence-corrected chi connectivity index (χ2v) is 7.36. The molecule has 5 heteroatoms. The summed E-state index contributed by atoms with van der Waals surface area (Å²) in [6.07, 6.45) is 6.68. The summed E-state index contributed by atoms with van der Waals surface area (Å²) in [5.74, 6) is 0.989. The highest BCUT2D eigenvalue weighted by atomic mass is 79.9. The lowest BCUT2D eigenvalue weighted by Crippen LogP contribution is -2.54. The monoisotopic (exact) mass is 390 g/mol. The SMILES string of the molecule is CN1C2CCCC1CC(NCc1cc(Br)c(Br)o1)C2. The van der Waals surface area contributed by atoms with E-state index in [1.165, 1.54) is 32.1 Å². The first-order chi connectivity index (χ1) is 9.13. The van der Waals surface area contributed by atoms with Gasteiger partial charge in [0.25, 0.3) is 0 Å². The van der Waals surface area contributed by atoms with Gasteiger partial charge in [0.05, 0.1) is 11.0 Å². The fraction of sp³-hybridized carbons (Fsp3) is 0.714. The highest BCUT2D eigenvalue weighted by molar-refractivity contribution is 9.13. The number of nitrogens with zero attached hydrogens (tertiary/aromatic N) is 1. The third-order valence-corrected chi connectivity index (χ3v) is 6.31. The topological polar surface area (TPSA) is 28.4 Å². The molecule has 0 aliphatic carbocycles. The van der Waals surface area contributed by atoms with E-state index in [2.05, 4.69) is 49.1 Å². The summed E-state index contributed by atoms with van der Waals surface area (Å²) in [6.45, 7) is 0.817. The van der Waals surface area contributed by atoms with Gasteiger partial charge >= 0.3 is 0 Å². The summed E-state index contributed by atoms with van der Waals surface area (Å²) in [5.41, 5.74) is 0. The molecule has 3 heterocycles. The third kappa shape index (κ3) is 3.09. The zero-order chi connectivity index (χ0) is 13.4. The van der Waals surface area contributed by atoms with Crippen LogP contribution < -0.4 is 5.32 Å². The van der Waals surface area contributed by atoms with Gasteiger partial charge in [-0.05, 0) is 70.7 Å². The third-order valence-electron chi connectivity index (χ3n) is 4.60. The summed E-state index contributed by atoms with van der Waals surface area (Å²) in [4.78, 5) is 2.60. The minimum Gasteiger partial charge on any atom is -0.452 e. The molecule has 3 rings (SSSR count). The van der Waals surface area contributed by atoms with Crippen LogP contribution in [0.2, 0.25) is 0 Å². The van der Waals surface area contributed by atoms with Crippen LogP contribution in [0, 0.1) is 0 Å². The van der Waals surface area contributed by atoms with Gasteiger partial charge < -0.3 is 14.6 Å². The highest BCUT2D eigenvalue weighted by Crippen LogP contribution is 2.33. The van der Waals surface area contributed by atoms with E-state index >= 15 is 0 Å². The van der Waals surface area contributed by atoms with E-state index in [-0.39, 0.29) is 0 Å². The Morgan fingerprint density at radius 2 is 2.00 bits per heavy atom. The van der Waals surface area contributed by atoms with Crippen LogP contribution in [-0.4, -0.2) is 30.1 Å². The average Bonchev–Trinajstić information content (AvgIpc) is 2.67. The molecule has 19 heavy (non-hydrogen) atoms. The van der Waals surface area contributed by atoms with Crippen molar-refractivity contribution in [3.63, 3.8) is 0 Å². The molecule has 0 aromatic carbocycles. The molecule has 0 amide bonds. The molecule has 2 aliphatic rings. The van der Waals surface area contributed by atoms with Gasteiger partial charge in [-0.3, -0.25) is 0 Å². The van der Waals surface area contributed by atoms with Gasteiger partial charge in [-0.2, -0.15) is 0 Å². The Bertz CT molecular complexity index is 415. The van der Waals surface area contributed by atoms with Gasteiger partial charge in [0.2, 0.25) is 0 Å². The summed E-state index contributed by atoms with van der Waals surface area (Å²) in [7, 11) is 2.30. The van der Waals surface area contributed by atoms with Gasteiger partial charge in [-0.15, -0.1) is 0 Å². The van der Waals surface area contributed by atoms with E-state index in [0.717, 1.165) is 33.5 Å². The van der Waals surface area contributed by atoms with Gasteiger partial charge in [-0.25, -0.2) is 0 Å². The molecule has 2 saturated heterocycles. The molecule has 0 spiro atoms. The first-order valence-electron chi connectivity index (χ1n) is 7.02. The van der Waals surface area contributed by atoms with Crippen LogP contribution in [-0.2, 0) is 6.54 Å². The predicted octanol–water partition coefficient (Wildman–Crippen LogP) is 3.91. The standard InChI is InChI=1S/C14H20Br2N2O/c1-18-10-3-2-4-11(18)6-9(5-10)17-8-12-7-13(15)14(16)19-12/h7,9-11,17H,2-6,8H2,1H3. The van der Waals surface area contributed by atoms with E-state index in [1.807, 2.05) is 6.07 Å². The minimum absolute atomic E-state index is 0.633. The van der Waals surface area contributed by atoms with Crippen LogP contribution >= 0.6 is 31.9 Å². The molecule has 0 saturated carbocycles. The van der Waals surface area contributed by atoms with Gasteiger partial charge in [0, 0.05) is 18.1 Å². The van der Waals surface area contributed by atoms with Crippen LogP contribution in [0.5, 0.6) is 0 Å². The zero-order valence-electron chi connectivity index (χ0n) is 11.2. The molecule has 2 fully saturated rings. The van der Waals surface area contributed by atoms with Crippen molar-refractivity contribution in [1.82, 2.24) is 10.2 Å². The van der Waals surface area contributed by atoms with Crippen molar-refractivity contribution in [2.24, 2.45) is 0 Å². The number of hydrogen-bond donors (Lipinski definition) is 1. The molecule has 2 atom stereocenters. The lowest BCUT2D eigenvalue weighted by molar-refractivity contribution is 0.0478. The van der Waals surface area contributed by atoms with E-state index in [0.29, 0.717) is 6.04 Å². The van der Waals surface area contributed by atoms with Crippen molar-refractivity contribution in [2.75, 3.05) is 7.05 Å². The molecule has 1 N–H and O–H groups in total. The van der Waals surface area contributed by atoms with Gasteiger partial charge in [0.15, 0.2) is 4.67 Å². The summed E-state index contributed by atoms with van der Waals surface area (Å²) in [6, 6.07) is 4.22. The lowest BCUT2D eigenvalue weighted by Gasteiger charge is -2.47. The number of halogens is 2. The average molecular weight is 392 g/mol. The van der Waals surface area contributed by atoms with Crippen LogP contribution in [0.4, 0.5) is 0 Å². The molecular weight excluding hydrogens is 372 g/mol. The second-order valence-electron chi connectivity index (χ2n) is 5.79. The van der Waals surface area contributed by atoms with Crippen molar-refractivity contribution in [2.45, 2.75) is 56.8 Å². The number of nitrogens with one attached hydrogen (secondary N) is 1. The van der Waals surface area contributed by atoms with E-state index in [9.17, 15) is 0 Å².